The zero-order chi connectivity index (χ0) is 16.8. The van der Waals surface area contributed by atoms with Gasteiger partial charge in [0, 0.05) is 37.8 Å². The molecule has 4 heteroatoms. The molecule has 2 atom stereocenters. The molecule has 4 nitrogen and oxygen atoms in total. The molecule has 0 amide bonds. The quantitative estimate of drug-likeness (QED) is 0.831. The molecule has 0 bridgehead atoms. The van der Waals surface area contributed by atoms with Gasteiger partial charge in [0.1, 0.15) is 5.75 Å². The number of likely N-dealkylation sites (tertiary alicyclic amines) is 1. The van der Waals surface area contributed by atoms with Gasteiger partial charge in [-0.05, 0) is 45.3 Å². The SMILES string of the molecule is CCOc1ccccc1C(CN1CCCC1)N1CCNC(CC)C1. The Labute approximate surface area is 147 Å². The summed E-state index contributed by atoms with van der Waals surface area (Å²) in [5.74, 6) is 1.07. The van der Waals surface area contributed by atoms with Crippen LogP contribution >= 0.6 is 0 Å². The fraction of sp³-hybridized carbons (Fsp3) is 0.700. The lowest BCUT2D eigenvalue weighted by molar-refractivity contribution is 0.110. The van der Waals surface area contributed by atoms with Crippen molar-refractivity contribution in [1.82, 2.24) is 15.1 Å². The van der Waals surface area contributed by atoms with E-state index in [4.69, 9.17) is 4.74 Å². The van der Waals surface area contributed by atoms with Gasteiger partial charge in [-0.1, -0.05) is 25.1 Å². The Morgan fingerprint density at radius 1 is 1.17 bits per heavy atom. The summed E-state index contributed by atoms with van der Waals surface area (Å²) >= 11 is 0. The summed E-state index contributed by atoms with van der Waals surface area (Å²) in [5.41, 5.74) is 1.36. The maximum absolute atomic E-state index is 5.97. The van der Waals surface area contributed by atoms with Crippen molar-refractivity contribution in [3.63, 3.8) is 0 Å². The highest BCUT2D eigenvalue weighted by Crippen LogP contribution is 2.32. The molecule has 2 heterocycles. The average Bonchev–Trinajstić information content (AvgIpc) is 3.14. The monoisotopic (exact) mass is 331 g/mol. The zero-order valence-corrected chi connectivity index (χ0v) is 15.3. The minimum atomic E-state index is 0.432. The molecular formula is C20H33N3O. The standard InChI is InChI=1S/C20H33N3O/c1-3-17-15-23(14-11-21-17)19(16-22-12-7-8-13-22)18-9-5-6-10-20(18)24-4-2/h5-6,9-10,17,19,21H,3-4,7-8,11-16H2,1-2H3. The molecule has 3 rings (SSSR count). The van der Waals surface area contributed by atoms with Crippen LogP contribution in [0.2, 0.25) is 0 Å². The maximum Gasteiger partial charge on any atom is 0.124 e. The van der Waals surface area contributed by atoms with Crippen molar-refractivity contribution < 1.29 is 4.74 Å². The van der Waals surface area contributed by atoms with Crippen molar-refractivity contribution in [2.24, 2.45) is 0 Å². The molecule has 24 heavy (non-hydrogen) atoms. The van der Waals surface area contributed by atoms with Gasteiger partial charge in [0.2, 0.25) is 0 Å². The van der Waals surface area contributed by atoms with Crippen LogP contribution in [-0.4, -0.2) is 61.7 Å². The molecule has 0 saturated carbocycles. The summed E-state index contributed by atoms with van der Waals surface area (Å²) in [5, 5.41) is 3.65. The largest absolute Gasteiger partial charge is 0.494 e. The predicted molar refractivity (Wildman–Crippen MR) is 99.7 cm³/mol. The highest BCUT2D eigenvalue weighted by Gasteiger charge is 2.30. The number of ether oxygens (including phenoxy) is 1. The molecule has 2 saturated heterocycles. The molecule has 0 radical (unpaired) electrons. The van der Waals surface area contributed by atoms with Crippen LogP contribution in [0.4, 0.5) is 0 Å². The lowest BCUT2D eigenvalue weighted by Gasteiger charge is -2.40. The van der Waals surface area contributed by atoms with E-state index in [-0.39, 0.29) is 0 Å². The summed E-state index contributed by atoms with van der Waals surface area (Å²) in [6, 6.07) is 9.70. The van der Waals surface area contributed by atoms with Gasteiger partial charge in [0.15, 0.2) is 0 Å². The lowest BCUT2D eigenvalue weighted by Crippen LogP contribution is -2.53. The van der Waals surface area contributed by atoms with E-state index in [2.05, 4.69) is 53.2 Å². The fourth-order valence-corrected chi connectivity index (χ4v) is 4.07. The Morgan fingerprint density at radius 3 is 2.71 bits per heavy atom. The Bertz CT molecular complexity index is 501. The molecule has 1 N–H and O–H groups in total. The number of hydrogen-bond acceptors (Lipinski definition) is 4. The Morgan fingerprint density at radius 2 is 1.96 bits per heavy atom. The molecule has 0 spiro atoms. The van der Waals surface area contributed by atoms with E-state index >= 15 is 0 Å². The number of nitrogens with zero attached hydrogens (tertiary/aromatic N) is 2. The van der Waals surface area contributed by atoms with Crippen molar-refractivity contribution in [3.8, 4) is 5.75 Å². The topological polar surface area (TPSA) is 27.7 Å². The summed E-state index contributed by atoms with van der Waals surface area (Å²) in [4.78, 5) is 5.32. The molecule has 2 aliphatic heterocycles. The maximum atomic E-state index is 5.97. The van der Waals surface area contributed by atoms with E-state index in [1.165, 1.54) is 37.9 Å². The summed E-state index contributed by atoms with van der Waals surface area (Å²) in [6.45, 7) is 12.0. The van der Waals surface area contributed by atoms with Gasteiger partial charge in [-0.2, -0.15) is 0 Å². The number of rotatable bonds is 7. The average molecular weight is 332 g/mol. The van der Waals surface area contributed by atoms with Gasteiger partial charge < -0.3 is 15.0 Å². The minimum absolute atomic E-state index is 0.432. The first-order valence-corrected chi connectivity index (χ1v) is 9.73. The third kappa shape index (κ3) is 4.29. The van der Waals surface area contributed by atoms with Crippen LogP contribution in [0.1, 0.15) is 44.7 Å². The van der Waals surface area contributed by atoms with Gasteiger partial charge >= 0.3 is 0 Å². The van der Waals surface area contributed by atoms with Crippen LogP contribution in [0.3, 0.4) is 0 Å². The van der Waals surface area contributed by atoms with Crippen LogP contribution in [0.25, 0.3) is 0 Å². The zero-order valence-electron chi connectivity index (χ0n) is 15.3. The first-order chi connectivity index (χ1) is 11.8. The molecule has 1 aromatic rings. The Hall–Kier alpha value is -1.10. The predicted octanol–water partition coefficient (Wildman–Crippen LogP) is 2.91. The van der Waals surface area contributed by atoms with Crippen molar-refractivity contribution >= 4 is 0 Å². The smallest absolute Gasteiger partial charge is 0.124 e. The summed E-state index contributed by atoms with van der Waals surface area (Å²) in [7, 11) is 0. The second kappa shape index (κ2) is 8.84. The van der Waals surface area contributed by atoms with Crippen LogP contribution in [0.15, 0.2) is 24.3 Å². The number of nitrogens with one attached hydrogen (secondary N) is 1. The Balaban J connectivity index is 1.83. The normalized spacial score (nSPS) is 24.2. The third-order valence-corrected chi connectivity index (χ3v) is 5.43. The highest BCUT2D eigenvalue weighted by atomic mass is 16.5. The molecule has 0 aliphatic carbocycles. The molecule has 2 aliphatic rings. The van der Waals surface area contributed by atoms with Crippen LogP contribution < -0.4 is 10.1 Å². The van der Waals surface area contributed by atoms with Crippen molar-refractivity contribution in [3.05, 3.63) is 29.8 Å². The molecule has 2 fully saturated rings. The molecule has 2 unspecified atom stereocenters. The van der Waals surface area contributed by atoms with E-state index in [1.807, 2.05) is 0 Å². The van der Waals surface area contributed by atoms with Gasteiger partial charge in [0.25, 0.3) is 0 Å². The first-order valence-electron chi connectivity index (χ1n) is 9.73. The second-order valence-corrected chi connectivity index (χ2v) is 7.05. The van der Waals surface area contributed by atoms with Gasteiger partial charge in [0.05, 0.1) is 12.6 Å². The fourth-order valence-electron chi connectivity index (χ4n) is 4.07. The minimum Gasteiger partial charge on any atom is -0.494 e. The van der Waals surface area contributed by atoms with Crippen molar-refractivity contribution in [1.29, 1.82) is 0 Å². The molecule has 134 valence electrons. The van der Waals surface area contributed by atoms with E-state index in [0.29, 0.717) is 12.1 Å². The van der Waals surface area contributed by atoms with E-state index in [0.717, 1.165) is 38.5 Å². The number of para-hydroxylation sites is 1. The van der Waals surface area contributed by atoms with E-state index in [9.17, 15) is 0 Å². The van der Waals surface area contributed by atoms with Gasteiger partial charge in [-0.3, -0.25) is 4.90 Å². The summed E-state index contributed by atoms with van der Waals surface area (Å²) in [6.07, 6.45) is 3.89. The summed E-state index contributed by atoms with van der Waals surface area (Å²) < 4.78 is 5.97. The highest BCUT2D eigenvalue weighted by molar-refractivity contribution is 5.36. The number of hydrogen-bond donors (Lipinski definition) is 1. The number of piperazine rings is 1. The first kappa shape index (κ1) is 17.7. The van der Waals surface area contributed by atoms with Crippen LogP contribution in [-0.2, 0) is 0 Å². The molecule has 0 aromatic heterocycles. The molecule has 1 aromatic carbocycles. The van der Waals surface area contributed by atoms with Crippen LogP contribution in [0, 0.1) is 0 Å². The third-order valence-electron chi connectivity index (χ3n) is 5.43. The van der Waals surface area contributed by atoms with E-state index in [1.54, 1.807) is 0 Å². The van der Waals surface area contributed by atoms with Gasteiger partial charge in [-0.15, -0.1) is 0 Å². The second-order valence-electron chi connectivity index (χ2n) is 7.05. The number of benzene rings is 1. The van der Waals surface area contributed by atoms with Gasteiger partial charge in [-0.25, -0.2) is 0 Å². The van der Waals surface area contributed by atoms with Crippen molar-refractivity contribution in [2.75, 3.05) is 45.9 Å². The van der Waals surface area contributed by atoms with Crippen LogP contribution in [0.5, 0.6) is 5.75 Å². The van der Waals surface area contributed by atoms with Crippen molar-refractivity contribution in [2.45, 2.75) is 45.2 Å². The molecular weight excluding hydrogens is 298 g/mol. The van der Waals surface area contributed by atoms with E-state index < -0.39 is 0 Å². The lowest BCUT2D eigenvalue weighted by atomic mass is 10.0. The Kier molecular flexibility index (Phi) is 6.52.